The second-order valence-electron chi connectivity index (χ2n) is 6.42. The summed E-state index contributed by atoms with van der Waals surface area (Å²) in [5, 5.41) is 5.68. The SMILES string of the molecule is CC(C)n1ccc(/C=C2/NC(=O)N(CC(=O)Nc3ccc(Cl)cc3)C2=O)c1. The largest absolute Gasteiger partial charge is 0.351 e. The van der Waals surface area contributed by atoms with E-state index >= 15 is 0 Å². The number of benzene rings is 1. The smallest absolute Gasteiger partial charge is 0.329 e. The number of carbonyl (C=O) groups excluding carboxylic acids is 3. The molecular weight excluding hydrogens is 368 g/mol. The fourth-order valence-electron chi connectivity index (χ4n) is 2.60. The standard InChI is InChI=1S/C19H19ClN4O3/c1-12(2)23-8-7-13(10-23)9-16-18(26)24(19(27)22-16)11-17(25)21-15-5-3-14(20)4-6-15/h3-10,12H,11H2,1-2H3,(H,21,25)(H,22,27)/b16-9+. The summed E-state index contributed by atoms with van der Waals surface area (Å²) in [6, 6.07) is 8.06. The predicted octanol–water partition coefficient (Wildman–Crippen LogP) is 3.25. The summed E-state index contributed by atoms with van der Waals surface area (Å²) in [5.74, 6) is -1.02. The summed E-state index contributed by atoms with van der Waals surface area (Å²) in [6.45, 7) is 3.71. The van der Waals surface area contributed by atoms with Gasteiger partial charge in [0.15, 0.2) is 0 Å². The first kappa shape index (κ1) is 18.7. The molecule has 8 heteroatoms. The third-order valence-corrected chi connectivity index (χ3v) is 4.29. The highest BCUT2D eigenvalue weighted by molar-refractivity contribution is 6.30. The Morgan fingerprint density at radius 1 is 1.22 bits per heavy atom. The van der Waals surface area contributed by atoms with Crippen molar-refractivity contribution in [3.63, 3.8) is 0 Å². The molecule has 1 aliphatic rings. The van der Waals surface area contributed by atoms with Crippen LogP contribution in [-0.2, 0) is 9.59 Å². The first-order chi connectivity index (χ1) is 12.8. The van der Waals surface area contributed by atoms with Crippen molar-refractivity contribution in [3.8, 4) is 0 Å². The Kier molecular flexibility index (Phi) is 5.32. The van der Waals surface area contributed by atoms with E-state index in [1.54, 1.807) is 30.3 Å². The first-order valence-corrected chi connectivity index (χ1v) is 8.79. The van der Waals surface area contributed by atoms with Gasteiger partial charge in [0.1, 0.15) is 12.2 Å². The lowest BCUT2D eigenvalue weighted by molar-refractivity contribution is -0.127. The van der Waals surface area contributed by atoms with Gasteiger partial charge in [-0.3, -0.25) is 9.59 Å². The van der Waals surface area contributed by atoms with Gasteiger partial charge in [-0.2, -0.15) is 0 Å². The Bertz CT molecular complexity index is 915. The lowest BCUT2D eigenvalue weighted by Crippen LogP contribution is -2.38. The lowest BCUT2D eigenvalue weighted by atomic mass is 10.2. The molecule has 0 bridgehead atoms. The van der Waals surface area contributed by atoms with Crippen molar-refractivity contribution in [2.45, 2.75) is 19.9 Å². The van der Waals surface area contributed by atoms with Gasteiger partial charge in [-0.05, 0) is 55.8 Å². The summed E-state index contributed by atoms with van der Waals surface area (Å²) < 4.78 is 1.99. The quantitative estimate of drug-likeness (QED) is 0.611. The van der Waals surface area contributed by atoms with Gasteiger partial charge < -0.3 is 15.2 Å². The molecule has 0 saturated carbocycles. The Labute approximate surface area is 161 Å². The molecule has 3 rings (SSSR count). The van der Waals surface area contributed by atoms with Crippen molar-refractivity contribution >= 4 is 41.2 Å². The van der Waals surface area contributed by atoms with Crippen LogP contribution in [-0.4, -0.2) is 33.9 Å². The molecule has 2 aromatic rings. The van der Waals surface area contributed by atoms with Crippen molar-refractivity contribution in [2.75, 3.05) is 11.9 Å². The van der Waals surface area contributed by atoms with Crippen LogP contribution in [0.15, 0.2) is 48.4 Å². The minimum Gasteiger partial charge on any atom is -0.351 e. The number of hydrogen-bond acceptors (Lipinski definition) is 3. The molecule has 27 heavy (non-hydrogen) atoms. The minimum absolute atomic E-state index is 0.140. The van der Waals surface area contributed by atoms with Crippen LogP contribution in [0, 0.1) is 0 Å². The van der Waals surface area contributed by atoms with Gasteiger partial charge in [0, 0.05) is 29.1 Å². The number of urea groups is 1. The number of hydrogen-bond donors (Lipinski definition) is 2. The molecule has 1 aromatic heterocycles. The molecule has 1 aliphatic heterocycles. The van der Waals surface area contributed by atoms with Gasteiger partial charge in [0.25, 0.3) is 5.91 Å². The lowest BCUT2D eigenvalue weighted by Gasteiger charge is -2.11. The van der Waals surface area contributed by atoms with Gasteiger partial charge in [0.2, 0.25) is 5.91 Å². The zero-order valence-electron chi connectivity index (χ0n) is 14.9. The van der Waals surface area contributed by atoms with E-state index < -0.39 is 17.8 Å². The highest BCUT2D eigenvalue weighted by Gasteiger charge is 2.34. The fourth-order valence-corrected chi connectivity index (χ4v) is 2.72. The van der Waals surface area contributed by atoms with Gasteiger partial charge in [0.05, 0.1) is 0 Å². The molecule has 2 N–H and O–H groups in total. The number of nitrogens with zero attached hydrogens (tertiary/aromatic N) is 2. The third-order valence-electron chi connectivity index (χ3n) is 4.04. The van der Waals surface area contributed by atoms with E-state index in [0.29, 0.717) is 16.8 Å². The van der Waals surface area contributed by atoms with Crippen LogP contribution in [0.4, 0.5) is 10.5 Å². The molecule has 140 valence electrons. The number of aromatic nitrogens is 1. The second-order valence-corrected chi connectivity index (χ2v) is 6.86. The number of anilines is 1. The van der Waals surface area contributed by atoms with Crippen molar-refractivity contribution in [2.24, 2.45) is 0 Å². The Balaban J connectivity index is 1.67. The molecule has 4 amide bonds. The third kappa shape index (κ3) is 4.38. The van der Waals surface area contributed by atoms with E-state index in [4.69, 9.17) is 11.6 Å². The van der Waals surface area contributed by atoms with Crippen molar-refractivity contribution in [3.05, 3.63) is 59.0 Å². The van der Waals surface area contributed by atoms with Crippen LogP contribution in [0.1, 0.15) is 25.5 Å². The van der Waals surface area contributed by atoms with E-state index in [-0.39, 0.29) is 12.2 Å². The van der Waals surface area contributed by atoms with Crippen LogP contribution < -0.4 is 10.6 Å². The summed E-state index contributed by atoms with van der Waals surface area (Å²) >= 11 is 5.80. The van der Waals surface area contributed by atoms with Crippen molar-refractivity contribution in [1.29, 1.82) is 0 Å². The molecular formula is C19H19ClN4O3. The molecule has 7 nitrogen and oxygen atoms in total. The highest BCUT2D eigenvalue weighted by atomic mass is 35.5. The van der Waals surface area contributed by atoms with E-state index in [2.05, 4.69) is 10.6 Å². The van der Waals surface area contributed by atoms with E-state index in [1.165, 1.54) is 0 Å². The number of imide groups is 1. The van der Waals surface area contributed by atoms with Crippen LogP contribution in [0.2, 0.25) is 5.02 Å². The molecule has 0 aliphatic carbocycles. The topological polar surface area (TPSA) is 83.4 Å². The maximum absolute atomic E-state index is 12.5. The van der Waals surface area contributed by atoms with E-state index in [0.717, 1.165) is 10.5 Å². The average molecular weight is 387 g/mol. The zero-order valence-corrected chi connectivity index (χ0v) is 15.7. The zero-order chi connectivity index (χ0) is 19.6. The van der Waals surface area contributed by atoms with Gasteiger partial charge >= 0.3 is 6.03 Å². The number of carbonyl (C=O) groups is 3. The fraction of sp³-hybridized carbons (Fsp3) is 0.211. The average Bonchev–Trinajstić information content (AvgIpc) is 3.18. The normalized spacial score (nSPS) is 15.6. The molecule has 1 aromatic carbocycles. The second kappa shape index (κ2) is 7.67. The molecule has 1 fully saturated rings. The summed E-state index contributed by atoms with van der Waals surface area (Å²) in [5.41, 5.74) is 1.46. The van der Waals surface area contributed by atoms with Crippen LogP contribution in [0.3, 0.4) is 0 Å². The van der Waals surface area contributed by atoms with Crippen molar-refractivity contribution < 1.29 is 14.4 Å². The maximum atomic E-state index is 12.5. The van der Waals surface area contributed by atoms with Crippen LogP contribution in [0.5, 0.6) is 0 Å². The Hall–Kier alpha value is -3.06. The predicted molar refractivity (Wildman–Crippen MR) is 103 cm³/mol. The molecule has 0 atom stereocenters. The molecule has 1 saturated heterocycles. The summed E-state index contributed by atoms with van der Waals surface area (Å²) in [4.78, 5) is 37.6. The number of nitrogens with one attached hydrogen (secondary N) is 2. The summed E-state index contributed by atoms with van der Waals surface area (Å²) in [6.07, 6.45) is 5.37. The minimum atomic E-state index is -0.624. The van der Waals surface area contributed by atoms with Gasteiger partial charge in [-0.15, -0.1) is 0 Å². The van der Waals surface area contributed by atoms with Crippen LogP contribution in [0.25, 0.3) is 6.08 Å². The number of halogens is 1. The highest BCUT2D eigenvalue weighted by Crippen LogP contribution is 2.17. The van der Waals surface area contributed by atoms with E-state index in [9.17, 15) is 14.4 Å². The first-order valence-electron chi connectivity index (χ1n) is 8.41. The monoisotopic (exact) mass is 386 g/mol. The Morgan fingerprint density at radius 2 is 1.93 bits per heavy atom. The molecule has 2 heterocycles. The van der Waals surface area contributed by atoms with Gasteiger partial charge in [-0.1, -0.05) is 11.6 Å². The molecule has 0 spiro atoms. The number of rotatable bonds is 5. The van der Waals surface area contributed by atoms with Crippen molar-refractivity contribution in [1.82, 2.24) is 14.8 Å². The molecule has 0 unspecified atom stereocenters. The van der Waals surface area contributed by atoms with E-state index in [1.807, 2.05) is 36.9 Å². The van der Waals surface area contributed by atoms with Crippen LogP contribution >= 0.6 is 11.6 Å². The Morgan fingerprint density at radius 3 is 2.56 bits per heavy atom. The number of amides is 4. The summed E-state index contributed by atoms with van der Waals surface area (Å²) in [7, 11) is 0. The van der Waals surface area contributed by atoms with Gasteiger partial charge in [-0.25, -0.2) is 9.69 Å². The maximum Gasteiger partial charge on any atom is 0.329 e. The molecule has 0 radical (unpaired) electrons.